The molecule has 0 saturated heterocycles. The molecule has 28 heteroatoms. The van der Waals surface area contributed by atoms with Gasteiger partial charge in [-0.15, -0.1) is 0 Å². The summed E-state index contributed by atoms with van der Waals surface area (Å²) in [5.41, 5.74) is 7.85. The number of anilines is 3. The van der Waals surface area contributed by atoms with Gasteiger partial charge in [0.15, 0.2) is 0 Å². The van der Waals surface area contributed by atoms with Crippen LogP contribution in [0.5, 0.6) is 0 Å². The predicted molar refractivity (Wildman–Crippen MR) is 319 cm³/mol. The molecule has 0 aliphatic heterocycles. The van der Waals surface area contributed by atoms with Crippen LogP contribution in [0.1, 0.15) is 102 Å². The van der Waals surface area contributed by atoms with Crippen molar-refractivity contribution in [1.82, 2.24) is 15.0 Å². The molecule has 3 aliphatic carbocycles. The predicted octanol–water partition coefficient (Wildman–Crippen LogP) is 12.0. The molecule has 0 atom stereocenters. The summed E-state index contributed by atoms with van der Waals surface area (Å²) in [7, 11) is 2.80. The van der Waals surface area contributed by atoms with Gasteiger partial charge in [0.1, 0.15) is 28.7 Å². The van der Waals surface area contributed by atoms with Gasteiger partial charge in [0.2, 0.25) is 0 Å². The van der Waals surface area contributed by atoms with Crippen LogP contribution in [0.15, 0.2) is 42.9 Å². The van der Waals surface area contributed by atoms with Crippen LogP contribution < -0.4 is 123 Å². The van der Waals surface area contributed by atoms with E-state index in [1.54, 1.807) is 55.6 Å². The van der Waals surface area contributed by atoms with Gasteiger partial charge in [0.05, 0.1) is 85.7 Å². The quantitative estimate of drug-likeness (QED) is 0.0587. The summed E-state index contributed by atoms with van der Waals surface area (Å²) in [4.78, 5) is 51.5. The minimum Gasteiger partial charge on any atom is -1.00 e. The fourth-order valence-corrected chi connectivity index (χ4v) is 9.82. The molecular formula is C55H61Cl8F5K2N6O7. The van der Waals surface area contributed by atoms with Gasteiger partial charge in [-0.2, -0.15) is 0 Å². The number of hydrogen-bond acceptors (Lipinski definition) is 11. The zero-order chi connectivity index (χ0) is 60.5. The summed E-state index contributed by atoms with van der Waals surface area (Å²) in [6.07, 6.45) is 4.59. The molecule has 0 spiro atoms. The number of hydrogen-bond donors (Lipinski definition) is 1. The third kappa shape index (κ3) is 19.6. The van der Waals surface area contributed by atoms with Crippen molar-refractivity contribution in [2.45, 2.75) is 94.3 Å². The molecule has 13 nitrogen and oxygen atoms in total. The monoisotopic (exact) mass is 1370 g/mol. The number of pyridine rings is 3. The fraction of sp³-hybridized carbons (Fsp3) is 0.345. The molecule has 3 aromatic carbocycles. The molecule has 6 aromatic rings. The number of alkyl halides is 2. The van der Waals surface area contributed by atoms with Crippen LogP contribution in [0.3, 0.4) is 0 Å². The van der Waals surface area contributed by atoms with E-state index in [2.05, 4.69) is 25.2 Å². The van der Waals surface area contributed by atoms with E-state index in [-0.39, 0.29) is 153 Å². The van der Waals surface area contributed by atoms with Gasteiger partial charge < -0.3 is 26.4 Å². The molecule has 83 heavy (non-hydrogen) atoms. The van der Waals surface area contributed by atoms with E-state index in [0.29, 0.717) is 107 Å². The minimum atomic E-state index is -1.00. The number of carbonyl (C=O) groups is 3. The number of halogens is 13. The molecule has 2 amide bonds. The first-order valence-corrected chi connectivity index (χ1v) is 25.3. The molecule has 3 aromatic heterocycles. The first kappa shape index (κ1) is 79.1. The molecule has 3 aliphatic rings. The smallest absolute Gasteiger partial charge is 1.00 e. The van der Waals surface area contributed by atoms with Crippen LogP contribution in [0, 0.1) is 17.5 Å². The van der Waals surface area contributed by atoms with Crippen LogP contribution in [-0.4, -0.2) is 80.3 Å². The number of amides is 2. The van der Waals surface area contributed by atoms with E-state index in [9.17, 15) is 31.5 Å². The average Bonchev–Trinajstić information content (AvgIpc) is 2.08. The minimum absolute atomic E-state index is 0. The van der Waals surface area contributed by atoms with Gasteiger partial charge in [0.25, 0.3) is 6.47 Å². The topological polar surface area (TPSA) is 159 Å². The second-order valence-corrected chi connectivity index (χ2v) is 21.5. The Morgan fingerprint density at radius 2 is 0.952 bits per heavy atom. The number of benzene rings is 3. The first-order chi connectivity index (χ1) is 37.4. The van der Waals surface area contributed by atoms with E-state index < -0.39 is 55.1 Å². The largest absolute Gasteiger partial charge is 1.00 e. The molecule has 0 fully saturated rings. The summed E-state index contributed by atoms with van der Waals surface area (Å²) in [5, 5.41) is 13.2. The molecule has 446 valence electrons. The van der Waals surface area contributed by atoms with Crippen LogP contribution >= 0.6 is 92.8 Å². The number of ether oxygens (including phenoxy) is 2. The van der Waals surface area contributed by atoms with Crippen molar-refractivity contribution < 1.29 is 163 Å². The average molecular weight is 1380 g/mol. The fourth-order valence-electron chi connectivity index (χ4n) is 8.10. The maximum Gasteiger partial charge on any atom is 1.00 e. The van der Waals surface area contributed by atoms with Crippen LogP contribution in [-0.2, 0) is 38.4 Å². The molecule has 0 radical (unpaired) electrons. The van der Waals surface area contributed by atoms with E-state index in [4.69, 9.17) is 115 Å². The summed E-state index contributed by atoms with van der Waals surface area (Å²) >= 11 is 49.2. The number of carbonyl (C=O) groups excluding carboxylic acids is 3. The van der Waals surface area contributed by atoms with Crippen LogP contribution in [0.25, 0.3) is 33.4 Å². The maximum absolute atomic E-state index is 14.5. The van der Waals surface area contributed by atoms with Crippen molar-refractivity contribution >= 4 is 129 Å². The molecule has 9 rings (SSSR count). The van der Waals surface area contributed by atoms with Crippen molar-refractivity contribution in [2.75, 3.05) is 50.6 Å². The Labute approximate surface area is 610 Å². The molecule has 0 bridgehead atoms. The van der Waals surface area contributed by atoms with Crippen molar-refractivity contribution in [1.29, 1.82) is 0 Å². The standard InChI is InChI=1S/C18H16Cl3FN2O2.C18H17Cl2FN2O2.C13H8Cl3FN2.2CH3F.CH2O3.3CH4.2K.H/c1-18(2,3)26-17(25)24(4)12-6-10(22)16(21)13-8(12)5-11-14(13)15(20)9(19)7-23-11;1-18(2,3)25-17(24)23(4)14-6-9(21)5-11-10(14)7-13-15(11)16(20)12(19)8-22-13;1-18-8-3-7(17)13(16)10-5(8)2-9-11(10)12(15)6(14)4-19-9;2*1-2;2-1-4-3;;;;;;/h6-7H,5H2,1-4H3;5-6,8H,7H2,1-4H3;3-4,18H,2H2,1H3;2*1H3;1,3H;3*1H4;;;/q;;;;;;;;;2*+1;-1/p-1/i;;;2*1D;;;;;;;. The Morgan fingerprint density at radius 1 is 0.614 bits per heavy atom. The second kappa shape index (κ2) is 35.9. The first-order valence-electron chi connectivity index (χ1n) is 23.7. The summed E-state index contributed by atoms with van der Waals surface area (Å²) < 4.78 is 84.4. The normalized spacial score (nSPS) is 11.3. The number of rotatable bonds is 4. The summed E-state index contributed by atoms with van der Waals surface area (Å²) in [6, 6.07) is 5.29. The van der Waals surface area contributed by atoms with E-state index >= 15 is 0 Å². The third-order valence-corrected chi connectivity index (χ3v) is 14.2. The Bertz CT molecular complexity index is 3330. The van der Waals surface area contributed by atoms with Gasteiger partial charge in [-0.05, 0) is 88.1 Å². The number of nitrogens with zero attached hydrogens (tertiary/aromatic N) is 5. The van der Waals surface area contributed by atoms with Crippen molar-refractivity contribution in [3.8, 4) is 33.4 Å². The number of aromatic nitrogens is 3. The van der Waals surface area contributed by atoms with E-state index in [0.717, 1.165) is 16.8 Å². The summed E-state index contributed by atoms with van der Waals surface area (Å²) in [6.45, 7) is 10.4. The van der Waals surface area contributed by atoms with E-state index in [1.165, 1.54) is 59.7 Å². The zero-order valence-corrected chi connectivity index (χ0v) is 57.0. The Morgan fingerprint density at radius 3 is 1.34 bits per heavy atom. The van der Waals surface area contributed by atoms with Gasteiger partial charge in [-0.3, -0.25) is 38.3 Å². The van der Waals surface area contributed by atoms with Gasteiger partial charge in [-0.1, -0.05) is 115 Å². The molecule has 0 saturated carbocycles. The van der Waals surface area contributed by atoms with Crippen molar-refractivity contribution in [3.63, 3.8) is 0 Å². The van der Waals surface area contributed by atoms with Crippen LogP contribution in [0.4, 0.5) is 48.6 Å². The van der Waals surface area contributed by atoms with Gasteiger partial charge in [0, 0.05) is 92.5 Å². The molecule has 0 unspecified atom stereocenters. The number of nitrogens with one attached hydrogen (secondary N) is 1. The summed E-state index contributed by atoms with van der Waals surface area (Å²) in [5.74, 6) is -1.64. The SMILES string of the molecule is C.C.C.CN(C(=O)OC(C)(C)C)c1cc(F)c(Cl)c2c1Cc1ncc(Cl)c(Cl)c1-2.CN(C(=O)OC(C)(C)C)c1cc(F)cc2c1Cc1ncc(Cl)c(Cl)c1-2.CNc1cc(F)c(Cl)c2c1Cc1ncc(Cl)c(Cl)c1-2.O=CO[O-].[2H]CF.[2H]CF.[H-].[K+].[K+]. The van der Waals surface area contributed by atoms with Crippen molar-refractivity contribution in [2.24, 2.45) is 0 Å². The molecule has 3 heterocycles. The second-order valence-electron chi connectivity index (χ2n) is 18.3. The van der Waals surface area contributed by atoms with Gasteiger partial charge in [-0.25, -0.2) is 22.8 Å². The molecule has 1 N–H and O–H groups in total. The molecular weight excluding hydrogens is 1310 g/mol. The Hall–Kier alpha value is -1.88. The van der Waals surface area contributed by atoms with Crippen molar-refractivity contribution in [3.05, 3.63) is 134 Å². The Balaban J connectivity index is -0.00000109. The maximum atomic E-state index is 14.5. The zero-order valence-electron chi connectivity index (χ0n) is 47.7. The van der Waals surface area contributed by atoms with Crippen LogP contribution in [0.2, 0.25) is 40.2 Å². The van der Waals surface area contributed by atoms with E-state index in [1.807, 2.05) is 0 Å². The Kier molecular flexibility index (Phi) is 34.3. The third-order valence-electron chi connectivity index (χ3n) is 11.1. The van der Waals surface area contributed by atoms with Gasteiger partial charge >= 0.3 is 115 Å². The number of fused-ring (bicyclic) bond motifs is 9.